The molecule has 0 saturated heterocycles. The number of carbonyl (C=O) groups is 1. The van der Waals surface area contributed by atoms with Gasteiger partial charge in [-0.15, -0.1) is 0 Å². The molecule has 0 fully saturated rings. The Morgan fingerprint density at radius 2 is 2.24 bits per heavy atom. The van der Waals surface area contributed by atoms with Gasteiger partial charge in [0.1, 0.15) is 17.0 Å². The fourth-order valence-electron chi connectivity index (χ4n) is 1.64. The first kappa shape index (κ1) is 11.4. The van der Waals surface area contributed by atoms with Gasteiger partial charge in [0.2, 0.25) is 0 Å². The van der Waals surface area contributed by atoms with E-state index in [0.29, 0.717) is 17.2 Å². The molecule has 0 radical (unpaired) electrons. The molecule has 5 nitrogen and oxygen atoms in total. The van der Waals surface area contributed by atoms with Gasteiger partial charge in [-0.2, -0.15) is 5.10 Å². The monoisotopic (exact) mass is 234 g/mol. The molecule has 0 saturated carbocycles. The third kappa shape index (κ3) is 1.95. The summed E-state index contributed by atoms with van der Waals surface area (Å²) >= 11 is 0. The maximum Gasteiger partial charge on any atom is 0.339 e. The zero-order chi connectivity index (χ0) is 12.6. The van der Waals surface area contributed by atoms with Crippen LogP contribution in [0.2, 0.25) is 0 Å². The van der Waals surface area contributed by atoms with Gasteiger partial charge >= 0.3 is 5.97 Å². The minimum atomic E-state index is -0.989. The normalized spacial score (nSPS) is 11.1. The summed E-state index contributed by atoms with van der Waals surface area (Å²) in [6.07, 6.45) is 1.61. The SMILES string of the molecule is CC(C)c1cc(C(=O)O)c(-c2ccnn2C)o1. The Labute approximate surface area is 98.7 Å². The van der Waals surface area contributed by atoms with Gasteiger partial charge in [-0.3, -0.25) is 4.68 Å². The molecule has 0 aromatic carbocycles. The number of carboxylic acids is 1. The van der Waals surface area contributed by atoms with E-state index in [1.54, 1.807) is 30.1 Å². The van der Waals surface area contributed by atoms with Crippen LogP contribution in [-0.4, -0.2) is 20.9 Å². The Bertz CT molecular complexity index is 552. The quantitative estimate of drug-likeness (QED) is 0.885. The van der Waals surface area contributed by atoms with Gasteiger partial charge in [0.05, 0.1) is 0 Å². The molecular formula is C12H14N2O3. The van der Waals surface area contributed by atoms with E-state index in [0.717, 1.165) is 0 Å². The number of carboxylic acid groups (broad SMARTS) is 1. The molecule has 2 heterocycles. The predicted octanol–water partition coefficient (Wildman–Crippen LogP) is 2.50. The number of aromatic carboxylic acids is 1. The van der Waals surface area contributed by atoms with E-state index in [4.69, 9.17) is 9.52 Å². The lowest BCUT2D eigenvalue weighted by Crippen LogP contribution is -1.99. The van der Waals surface area contributed by atoms with E-state index >= 15 is 0 Å². The summed E-state index contributed by atoms with van der Waals surface area (Å²) in [5, 5.41) is 13.2. The average molecular weight is 234 g/mol. The Kier molecular flexibility index (Phi) is 2.75. The van der Waals surface area contributed by atoms with Crippen LogP contribution < -0.4 is 0 Å². The smallest absolute Gasteiger partial charge is 0.339 e. The molecule has 0 aliphatic heterocycles. The van der Waals surface area contributed by atoms with Crippen molar-refractivity contribution in [1.82, 2.24) is 9.78 Å². The van der Waals surface area contributed by atoms with Crippen molar-refractivity contribution in [2.45, 2.75) is 19.8 Å². The summed E-state index contributed by atoms with van der Waals surface area (Å²) in [5.74, 6) is 0.187. The molecule has 0 unspecified atom stereocenters. The average Bonchev–Trinajstić information content (AvgIpc) is 2.82. The number of aryl methyl sites for hydroxylation is 1. The third-order valence-corrected chi connectivity index (χ3v) is 2.60. The molecular weight excluding hydrogens is 220 g/mol. The first-order valence-electron chi connectivity index (χ1n) is 5.36. The van der Waals surface area contributed by atoms with Crippen molar-refractivity contribution in [3.8, 4) is 11.5 Å². The van der Waals surface area contributed by atoms with Crippen molar-refractivity contribution >= 4 is 5.97 Å². The first-order valence-corrected chi connectivity index (χ1v) is 5.36. The maximum atomic E-state index is 11.2. The fraction of sp³-hybridized carbons (Fsp3) is 0.333. The summed E-state index contributed by atoms with van der Waals surface area (Å²) in [4.78, 5) is 11.2. The maximum absolute atomic E-state index is 11.2. The van der Waals surface area contributed by atoms with Crippen molar-refractivity contribution in [3.05, 3.63) is 29.7 Å². The van der Waals surface area contributed by atoms with E-state index in [1.807, 2.05) is 13.8 Å². The molecule has 0 amide bonds. The van der Waals surface area contributed by atoms with Crippen LogP contribution in [0.3, 0.4) is 0 Å². The van der Waals surface area contributed by atoms with E-state index < -0.39 is 5.97 Å². The summed E-state index contributed by atoms with van der Waals surface area (Å²) in [7, 11) is 1.75. The van der Waals surface area contributed by atoms with Crippen LogP contribution in [0.5, 0.6) is 0 Å². The van der Waals surface area contributed by atoms with Crippen molar-refractivity contribution in [2.75, 3.05) is 0 Å². The molecule has 2 rings (SSSR count). The molecule has 90 valence electrons. The lowest BCUT2D eigenvalue weighted by molar-refractivity contribution is 0.0697. The molecule has 0 atom stereocenters. The lowest BCUT2D eigenvalue weighted by Gasteiger charge is -2.00. The van der Waals surface area contributed by atoms with E-state index in [2.05, 4.69) is 5.10 Å². The molecule has 0 bridgehead atoms. The van der Waals surface area contributed by atoms with Gasteiger partial charge in [0.25, 0.3) is 0 Å². The minimum absolute atomic E-state index is 0.148. The topological polar surface area (TPSA) is 68.3 Å². The molecule has 2 aromatic heterocycles. The van der Waals surface area contributed by atoms with Gasteiger partial charge in [0.15, 0.2) is 5.76 Å². The summed E-state index contributed by atoms with van der Waals surface area (Å²) in [5.41, 5.74) is 0.839. The Balaban J connectivity index is 2.60. The minimum Gasteiger partial charge on any atom is -0.478 e. The lowest BCUT2D eigenvalue weighted by atomic mass is 10.1. The second kappa shape index (κ2) is 4.08. The number of furan rings is 1. The van der Waals surface area contributed by atoms with Crippen molar-refractivity contribution in [2.24, 2.45) is 7.05 Å². The van der Waals surface area contributed by atoms with Crippen molar-refractivity contribution in [3.63, 3.8) is 0 Å². The number of rotatable bonds is 3. The largest absolute Gasteiger partial charge is 0.478 e. The zero-order valence-corrected chi connectivity index (χ0v) is 9.97. The van der Waals surface area contributed by atoms with Crippen LogP contribution in [0, 0.1) is 0 Å². The van der Waals surface area contributed by atoms with Crippen molar-refractivity contribution in [1.29, 1.82) is 0 Å². The van der Waals surface area contributed by atoms with E-state index in [9.17, 15) is 4.79 Å². The Morgan fingerprint density at radius 3 is 2.71 bits per heavy atom. The second-order valence-corrected chi connectivity index (χ2v) is 4.19. The molecule has 0 spiro atoms. The van der Waals surface area contributed by atoms with Gasteiger partial charge in [-0.05, 0) is 12.1 Å². The molecule has 17 heavy (non-hydrogen) atoms. The van der Waals surface area contributed by atoms with Gasteiger partial charge in [-0.1, -0.05) is 13.8 Å². The highest BCUT2D eigenvalue weighted by atomic mass is 16.4. The van der Waals surface area contributed by atoms with E-state index in [1.165, 1.54) is 0 Å². The molecule has 1 N–H and O–H groups in total. The van der Waals surface area contributed by atoms with Gasteiger partial charge in [0, 0.05) is 19.2 Å². The predicted molar refractivity (Wildman–Crippen MR) is 62.0 cm³/mol. The number of hydrogen-bond donors (Lipinski definition) is 1. The first-order chi connectivity index (χ1) is 8.00. The number of nitrogens with zero attached hydrogens (tertiary/aromatic N) is 2. The van der Waals surface area contributed by atoms with Crippen LogP contribution in [0.15, 0.2) is 22.7 Å². The summed E-state index contributed by atoms with van der Waals surface area (Å²) in [6.45, 7) is 3.91. The van der Waals surface area contributed by atoms with Crippen molar-refractivity contribution < 1.29 is 14.3 Å². The molecule has 0 aliphatic carbocycles. The van der Waals surface area contributed by atoms with Crippen LogP contribution in [0.1, 0.15) is 35.9 Å². The van der Waals surface area contributed by atoms with Crippen LogP contribution in [0.25, 0.3) is 11.5 Å². The number of aromatic nitrogens is 2. The van der Waals surface area contributed by atoms with Gasteiger partial charge in [-0.25, -0.2) is 4.79 Å². The number of hydrogen-bond acceptors (Lipinski definition) is 3. The molecule has 2 aromatic rings. The molecule has 0 aliphatic rings. The summed E-state index contributed by atoms with van der Waals surface area (Å²) < 4.78 is 7.21. The van der Waals surface area contributed by atoms with Crippen LogP contribution >= 0.6 is 0 Å². The second-order valence-electron chi connectivity index (χ2n) is 4.19. The van der Waals surface area contributed by atoms with Crippen LogP contribution in [-0.2, 0) is 7.05 Å². The highest BCUT2D eigenvalue weighted by molar-refractivity contribution is 5.94. The van der Waals surface area contributed by atoms with Gasteiger partial charge < -0.3 is 9.52 Å². The highest BCUT2D eigenvalue weighted by Gasteiger charge is 2.21. The molecule has 5 heteroatoms. The Morgan fingerprint density at radius 1 is 1.53 bits per heavy atom. The van der Waals surface area contributed by atoms with E-state index in [-0.39, 0.29) is 11.5 Å². The zero-order valence-electron chi connectivity index (χ0n) is 9.97. The Hall–Kier alpha value is -2.04. The third-order valence-electron chi connectivity index (χ3n) is 2.60. The summed E-state index contributed by atoms with van der Waals surface area (Å²) in [6, 6.07) is 3.31. The fourth-order valence-corrected chi connectivity index (χ4v) is 1.64. The standard InChI is InChI=1S/C12H14N2O3/c1-7(2)10-6-8(12(15)16)11(17-10)9-4-5-13-14(9)3/h4-7H,1-3H3,(H,15,16). The van der Waals surface area contributed by atoms with Crippen LogP contribution in [0.4, 0.5) is 0 Å². The highest BCUT2D eigenvalue weighted by Crippen LogP contribution is 2.30.